The van der Waals surface area contributed by atoms with Crippen molar-refractivity contribution in [2.24, 2.45) is 0 Å². The number of rotatable bonds is 7. The lowest BCUT2D eigenvalue weighted by Gasteiger charge is -2.36. The van der Waals surface area contributed by atoms with Crippen LogP contribution in [0, 0.1) is 0 Å². The number of nitrogens with zero attached hydrogens (tertiary/aromatic N) is 2. The molecule has 1 aliphatic rings. The van der Waals surface area contributed by atoms with Gasteiger partial charge < -0.3 is 15.2 Å². The van der Waals surface area contributed by atoms with Gasteiger partial charge in [0.1, 0.15) is 11.9 Å². The number of amides is 2. The summed E-state index contributed by atoms with van der Waals surface area (Å²) in [5, 5.41) is 3.23. The van der Waals surface area contributed by atoms with E-state index in [1.807, 2.05) is 66.7 Å². The Kier molecular flexibility index (Phi) is 6.86. The second-order valence-corrected chi connectivity index (χ2v) is 9.76. The van der Waals surface area contributed by atoms with E-state index < -0.39 is 6.04 Å². The summed E-state index contributed by atoms with van der Waals surface area (Å²) in [6.45, 7) is 0.405. The molecule has 35 heavy (non-hydrogen) atoms. The molecule has 7 heteroatoms. The Labute approximate surface area is 209 Å². The minimum atomic E-state index is -0.598. The number of benzene rings is 3. The standard InChI is InChI=1S/C28H28N4O2S/c1-35-16-15-24(26-29-22-13-7-8-14-23(22)30-26)31-27(33)25-17-20-11-5-6-12-21(20)18-32(25)28(34)19-9-3-2-4-10-19/h2-14,24-25H,15-18H2,1H3,(H,29,30)(H,31,33)/t24-,25-/m0/s1. The van der Waals surface area contributed by atoms with E-state index in [9.17, 15) is 9.59 Å². The minimum absolute atomic E-state index is 0.135. The molecule has 2 N–H and O–H groups in total. The van der Waals surface area contributed by atoms with Crippen LogP contribution in [0.15, 0.2) is 78.9 Å². The number of H-pyrrole nitrogens is 1. The molecule has 0 spiro atoms. The summed E-state index contributed by atoms with van der Waals surface area (Å²) >= 11 is 1.73. The summed E-state index contributed by atoms with van der Waals surface area (Å²) in [4.78, 5) is 37.1. The maximum absolute atomic E-state index is 13.8. The van der Waals surface area contributed by atoms with Gasteiger partial charge in [0.2, 0.25) is 5.91 Å². The highest BCUT2D eigenvalue weighted by Gasteiger charge is 2.36. The summed E-state index contributed by atoms with van der Waals surface area (Å²) in [5.41, 5.74) is 4.59. The molecule has 1 aromatic heterocycles. The van der Waals surface area contributed by atoms with E-state index in [1.165, 1.54) is 0 Å². The lowest BCUT2D eigenvalue weighted by atomic mass is 9.92. The van der Waals surface area contributed by atoms with E-state index in [4.69, 9.17) is 4.98 Å². The van der Waals surface area contributed by atoms with Crippen LogP contribution in [-0.2, 0) is 17.8 Å². The van der Waals surface area contributed by atoms with Gasteiger partial charge in [0, 0.05) is 18.5 Å². The van der Waals surface area contributed by atoms with Crippen LogP contribution in [0.3, 0.4) is 0 Å². The van der Waals surface area contributed by atoms with Gasteiger partial charge in [0.25, 0.3) is 5.91 Å². The third-order valence-corrected chi connectivity index (χ3v) is 7.14. The molecular formula is C28H28N4O2S. The zero-order valence-electron chi connectivity index (χ0n) is 19.6. The Morgan fingerprint density at radius 3 is 2.51 bits per heavy atom. The fourth-order valence-corrected chi connectivity index (χ4v) is 5.11. The van der Waals surface area contributed by atoms with Gasteiger partial charge in [0.15, 0.2) is 0 Å². The van der Waals surface area contributed by atoms with Gasteiger partial charge in [-0.25, -0.2) is 4.98 Å². The van der Waals surface area contributed by atoms with Crippen LogP contribution >= 0.6 is 11.8 Å². The molecule has 0 unspecified atom stereocenters. The Bertz CT molecular complexity index is 1300. The summed E-state index contributed by atoms with van der Waals surface area (Å²) in [6.07, 6.45) is 3.27. The molecule has 2 atom stereocenters. The third kappa shape index (κ3) is 4.95. The number of aromatic nitrogens is 2. The van der Waals surface area contributed by atoms with Gasteiger partial charge in [-0.05, 0) is 53.8 Å². The first kappa shape index (κ1) is 23.2. The molecule has 5 rings (SSSR count). The molecule has 0 saturated heterocycles. The number of para-hydroxylation sites is 2. The van der Waals surface area contributed by atoms with Crippen LogP contribution in [0.25, 0.3) is 11.0 Å². The van der Waals surface area contributed by atoms with Crippen molar-refractivity contribution >= 4 is 34.6 Å². The summed E-state index contributed by atoms with van der Waals surface area (Å²) in [7, 11) is 0. The summed E-state index contributed by atoms with van der Waals surface area (Å²) < 4.78 is 0. The topological polar surface area (TPSA) is 78.1 Å². The van der Waals surface area contributed by atoms with Crippen molar-refractivity contribution in [2.45, 2.75) is 31.5 Å². The van der Waals surface area contributed by atoms with Crippen molar-refractivity contribution in [3.8, 4) is 0 Å². The van der Waals surface area contributed by atoms with Gasteiger partial charge in [-0.15, -0.1) is 0 Å². The highest BCUT2D eigenvalue weighted by molar-refractivity contribution is 7.98. The molecule has 0 aliphatic carbocycles. The van der Waals surface area contributed by atoms with Gasteiger partial charge in [-0.2, -0.15) is 11.8 Å². The summed E-state index contributed by atoms with van der Waals surface area (Å²) in [6, 6.07) is 24.2. The first-order valence-corrected chi connectivity index (χ1v) is 13.2. The van der Waals surface area contributed by atoms with Crippen molar-refractivity contribution in [1.29, 1.82) is 0 Å². The molecule has 0 radical (unpaired) electrons. The Morgan fingerprint density at radius 1 is 1.03 bits per heavy atom. The monoisotopic (exact) mass is 484 g/mol. The molecule has 2 heterocycles. The van der Waals surface area contributed by atoms with Crippen LogP contribution < -0.4 is 5.32 Å². The van der Waals surface area contributed by atoms with Crippen LogP contribution in [0.1, 0.15) is 39.8 Å². The van der Waals surface area contributed by atoms with E-state index in [0.29, 0.717) is 18.5 Å². The largest absolute Gasteiger partial charge is 0.344 e. The van der Waals surface area contributed by atoms with E-state index in [1.54, 1.807) is 28.8 Å². The Hall–Kier alpha value is -3.58. The second kappa shape index (κ2) is 10.4. The van der Waals surface area contributed by atoms with Crippen molar-refractivity contribution < 1.29 is 9.59 Å². The lowest BCUT2D eigenvalue weighted by Crippen LogP contribution is -2.53. The molecular weight excluding hydrogens is 456 g/mol. The van der Waals surface area contributed by atoms with Crippen LogP contribution in [0.2, 0.25) is 0 Å². The zero-order chi connectivity index (χ0) is 24.2. The number of hydrogen-bond acceptors (Lipinski definition) is 4. The van der Waals surface area contributed by atoms with Crippen LogP contribution in [-0.4, -0.2) is 44.7 Å². The number of aromatic amines is 1. The smallest absolute Gasteiger partial charge is 0.254 e. The van der Waals surface area contributed by atoms with E-state index in [-0.39, 0.29) is 17.9 Å². The average Bonchev–Trinajstić information content (AvgIpc) is 3.34. The number of fused-ring (bicyclic) bond motifs is 2. The first-order valence-electron chi connectivity index (χ1n) is 11.8. The highest BCUT2D eigenvalue weighted by Crippen LogP contribution is 2.27. The van der Waals surface area contributed by atoms with Gasteiger partial charge >= 0.3 is 0 Å². The highest BCUT2D eigenvalue weighted by atomic mass is 32.2. The number of carbonyl (C=O) groups excluding carboxylic acids is 2. The predicted octanol–water partition coefficient (Wildman–Crippen LogP) is 4.74. The maximum Gasteiger partial charge on any atom is 0.254 e. The molecule has 3 aromatic carbocycles. The van der Waals surface area contributed by atoms with E-state index >= 15 is 0 Å². The molecule has 0 fully saturated rings. The van der Waals surface area contributed by atoms with Crippen molar-refractivity contribution in [1.82, 2.24) is 20.2 Å². The average molecular weight is 485 g/mol. The predicted molar refractivity (Wildman–Crippen MR) is 140 cm³/mol. The number of nitrogens with one attached hydrogen (secondary N) is 2. The fourth-order valence-electron chi connectivity index (χ4n) is 4.64. The molecule has 0 bridgehead atoms. The zero-order valence-corrected chi connectivity index (χ0v) is 20.4. The third-order valence-electron chi connectivity index (χ3n) is 6.50. The van der Waals surface area contributed by atoms with E-state index in [0.717, 1.165) is 40.2 Å². The molecule has 2 amide bonds. The normalized spacial score (nSPS) is 16.0. The quantitative estimate of drug-likeness (QED) is 0.397. The molecule has 0 saturated carbocycles. The lowest BCUT2D eigenvalue weighted by molar-refractivity contribution is -0.127. The van der Waals surface area contributed by atoms with Crippen molar-refractivity contribution in [2.75, 3.05) is 12.0 Å². The molecule has 6 nitrogen and oxygen atoms in total. The molecule has 178 valence electrons. The number of imidazole rings is 1. The number of hydrogen-bond donors (Lipinski definition) is 2. The van der Waals surface area contributed by atoms with E-state index in [2.05, 4.69) is 16.6 Å². The van der Waals surface area contributed by atoms with Crippen LogP contribution in [0.4, 0.5) is 0 Å². The Morgan fingerprint density at radius 2 is 1.74 bits per heavy atom. The van der Waals surface area contributed by atoms with Gasteiger partial charge in [-0.1, -0.05) is 54.6 Å². The maximum atomic E-state index is 13.8. The number of thioether (sulfide) groups is 1. The number of carbonyl (C=O) groups is 2. The fraction of sp³-hybridized carbons (Fsp3) is 0.250. The van der Waals surface area contributed by atoms with Gasteiger partial charge in [-0.3, -0.25) is 9.59 Å². The van der Waals surface area contributed by atoms with Crippen molar-refractivity contribution in [3.05, 3.63) is 101 Å². The molecule has 4 aromatic rings. The minimum Gasteiger partial charge on any atom is -0.344 e. The SMILES string of the molecule is CSCC[C@H](NC(=O)[C@@H]1Cc2ccccc2CN1C(=O)c1ccccc1)c1nc2ccccc2[nH]1. The first-order chi connectivity index (χ1) is 17.1. The second-order valence-electron chi connectivity index (χ2n) is 8.77. The van der Waals surface area contributed by atoms with Gasteiger partial charge in [0.05, 0.1) is 17.1 Å². The van der Waals surface area contributed by atoms with Crippen LogP contribution in [0.5, 0.6) is 0 Å². The van der Waals surface area contributed by atoms with Crippen molar-refractivity contribution in [3.63, 3.8) is 0 Å². The molecule has 1 aliphatic heterocycles. The Balaban J connectivity index is 1.44. The summed E-state index contributed by atoms with van der Waals surface area (Å²) in [5.74, 6) is 1.33.